The fourth-order valence-electron chi connectivity index (χ4n) is 2.39. The zero-order valence-corrected chi connectivity index (χ0v) is 12.3. The summed E-state index contributed by atoms with van der Waals surface area (Å²) in [7, 11) is 3.88. The van der Waals surface area contributed by atoms with E-state index in [1.165, 1.54) is 12.1 Å². The number of benzene rings is 2. The third-order valence-corrected chi connectivity index (χ3v) is 3.52. The summed E-state index contributed by atoms with van der Waals surface area (Å²) in [6, 6.07) is 10.9. The van der Waals surface area contributed by atoms with Gasteiger partial charge in [-0.25, -0.2) is 13.8 Å². The summed E-state index contributed by atoms with van der Waals surface area (Å²) >= 11 is 0. The van der Waals surface area contributed by atoms with Crippen LogP contribution in [-0.2, 0) is 0 Å². The number of fused-ring (bicyclic) bond motifs is 1. The lowest BCUT2D eigenvalue weighted by Crippen LogP contribution is -2.08. The van der Waals surface area contributed by atoms with Crippen molar-refractivity contribution in [2.45, 2.75) is 0 Å². The molecular formula is C17H15F2N3. The molecule has 22 heavy (non-hydrogen) atoms. The van der Waals surface area contributed by atoms with Gasteiger partial charge in [-0.1, -0.05) is 6.07 Å². The lowest BCUT2D eigenvalue weighted by Gasteiger charge is -2.14. The molecule has 0 fully saturated rings. The Hall–Kier alpha value is -2.69. The van der Waals surface area contributed by atoms with Crippen LogP contribution in [0, 0.1) is 11.6 Å². The van der Waals surface area contributed by atoms with Gasteiger partial charge in [-0.15, -0.1) is 0 Å². The standard InChI is InChI=1S/C17H15F2N3/c1-22(2)14-4-3-10-7-15(17(20)21-16(10)9-14)11-5-12(18)8-13(19)6-11/h3-9H,1-2H3,(H2,20,21). The van der Waals surface area contributed by atoms with Crippen molar-refractivity contribution in [1.29, 1.82) is 0 Å². The lowest BCUT2D eigenvalue weighted by molar-refractivity contribution is 0.584. The molecule has 1 aromatic heterocycles. The Labute approximate surface area is 127 Å². The van der Waals surface area contributed by atoms with Crippen molar-refractivity contribution < 1.29 is 8.78 Å². The van der Waals surface area contributed by atoms with Gasteiger partial charge in [-0.3, -0.25) is 0 Å². The minimum atomic E-state index is -0.641. The third-order valence-electron chi connectivity index (χ3n) is 3.52. The molecular weight excluding hydrogens is 284 g/mol. The average molecular weight is 299 g/mol. The molecule has 112 valence electrons. The number of nitrogens with zero attached hydrogens (tertiary/aromatic N) is 2. The summed E-state index contributed by atoms with van der Waals surface area (Å²) in [6.07, 6.45) is 0. The molecule has 0 radical (unpaired) electrons. The van der Waals surface area contributed by atoms with Crippen molar-refractivity contribution in [2.75, 3.05) is 24.7 Å². The maximum absolute atomic E-state index is 13.4. The number of hydrogen-bond acceptors (Lipinski definition) is 3. The Morgan fingerprint density at radius 2 is 1.64 bits per heavy atom. The quantitative estimate of drug-likeness (QED) is 0.782. The van der Waals surface area contributed by atoms with Crippen LogP contribution in [0.15, 0.2) is 42.5 Å². The highest BCUT2D eigenvalue weighted by molar-refractivity contribution is 5.90. The predicted octanol–water partition coefficient (Wildman–Crippen LogP) is 3.83. The van der Waals surface area contributed by atoms with Gasteiger partial charge < -0.3 is 10.6 Å². The number of rotatable bonds is 2. The Balaban J connectivity index is 2.19. The highest BCUT2D eigenvalue weighted by Crippen LogP contribution is 2.30. The second kappa shape index (κ2) is 5.26. The molecule has 0 spiro atoms. The zero-order valence-electron chi connectivity index (χ0n) is 12.3. The highest BCUT2D eigenvalue weighted by Gasteiger charge is 2.10. The van der Waals surface area contributed by atoms with Gasteiger partial charge in [0.1, 0.15) is 17.5 Å². The molecule has 0 amide bonds. The fourth-order valence-corrected chi connectivity index (χ4v) is 2.39. The number of halogens is 2. The van der Waals surface area contributed by atoms with Crippen LogP contribution in [0.5, 0.6) is 0 Å². The van der Waals surface area contributed by atoms with E-state index in [9.17, 15) is 8.78 Å². The summed E-state index contributed by atoms with van der Waals surface area (Å²) in [5, 5.41) is 0.861. The van der Waals surface area contributed by atoms with E-state index in [4.69, 9.17) is 5.73 Å². The van der Waals surface area contributed by atoms with Crippen molar-refractivity contribution >= 4 is 22.4 Å². The lowest BCUT2D eigenvalue weighted by atomic mass is 10.0. The molecule has 0 atom stereocenters. The fraction of sp³-hybridized carbons (Fsp3) is 0.118. The molecule has 3 nitrogen and oxygen atoms in total. The molecule has 1 heterocycles. The van der Waals surface area contributed by atoms with Gasteiger partial charge in [0.2, 0.25) is 0 Å². The molecule has 0 bridgehead atoms. The van der Waals surface area contributed by atoms with E-state index >= 15 is 0 Å². The maximum atomic E-state index is 13.4. The van der Waals surface area contributed by atoms with Crippen LogP contribution in [0.25, 0.3) is 22.0 Å². The zero-order chi connectivity index (χ0) is 15.9. The van der Waals surface area contributed by atoms with Crippen molar-refractivity contribution in [2.24, 2.45) is 0 Å². The Bertz CT molecular complexity index is 840. The third kappa shape index (κ3) is 2.57. The molecule has 0 saturated heterocycles. The molecule has 0 saturated carbocycles. The van der Waals surface area contributed by atoms with E-state index < -0.39 is 11.6 Å². The van der Waals surface area contributed by atoms with E-state index in [1.54, 1.807) is 6.07 Å². The first-order valence-electron chi connectivity index (χ1n) is 6.78. The Kier molecular flexibility index (Phi) is 3.41. The van der Waals surface area contributed by atoms with E-state index in [0.29, 0.717) is 11.1 Å². The van der Waals surface area contributed by atoms with Crippen LogP contribution in [-0.4, -0.2) is 19.1 Å². The molecule has 3 rings (SSSR count). The van der Waals surface area contributed by atoms with Crippen LogP contribution in [0.3, 0.4) is 0 Å². The molecule has 0 unspecified atom stereocenters. The molecule has 0 aliphatic carbocycles. The van der Waals surface area contributed by atoms with Gasteiger partial charge in [0, 0.05) is 36.8 Å². The van der Waals surface area contributed by atoms with E-state index in [2.05, 4.69) is 4.98 Å². The summed E-state index contributed by atoms with van der Waals surface area (Å²) in [6.45, 7) is 0. The smallest absolute Gasteiger partial charge is 0.132 e. The minimum Gasteiger partial charge on any atom is -0.383 e. The molecule has 3 aromatic rings. The van der Waals surface area contributed by atoms with Gasteiger partial charge in [0.15, 0.2) is 0 Å². The molecule has 2 N–H and O–H groups in total. The first-order chi connectivity index (χ1) is 10.4. The Morgan fingerprint density at radius 3 is 2.27 bits per heavy atom. The first kappa shape index (κ1) is 14.3. The predicted molar refractivity (Wildman–Crippen MR) is 85.8 cm³/mol. The number of hydrogen-bond donors (Lipinski definition) is 1. The minimum absolute atomic E-state index is 0.244. The van der Waals surface area contributed by atoms with Crippen LogP contribution in [0.4, 0.5) is 20.3 Å². The second-order valence-electron chi connectivity index (χ2n) is 5.35. The van der Waals surface area contributed by atoms with Crippen molar-refractivity contribution in [3.63, 3.8) is 0 Å². The summed E-state index contributed by atoms with van der Waals surface area (Å²) in [5.41, 5.74) is 8.61. The van der Waals surface area contributed by atoms with Crippen LogP contribution >= 0.6 is 0 Å². The second-order valence-corrected chi connectivity index (χ2v) is 5.35. The van der Waals surface area contributed by atoms with Crippen LogP contribution < -0.4 is 10.6 Å². The molecule has 0 aliphatic heterocycles. The van der Waals surface area contributed by atoms with Gasteiger partial charge >= 0.3 is 0 Å². The van der Waals surface area contributed by atoms with Gasteiger partial charge in [0.25, 0.3) is 0 Å². The Morgan fingerprint density at radius 1 is 0.955 bits per heavy atom. The number of nitrogens with two attached hydrogens (primary N) is 1. The van der Waals surface area contributed by atoms with Gasteiger partial charge in [-0.2, -0.15) is 0 Å². The maximum Gasteiger partial charge on any atom is 0.132 e. The van der Waals surface area contributed by atoms with E-state index in [-0.39, 0.29) is 5.82 Å². The summed E-state index contributed by atoms with van der Waals surface area (Å²) in [4.78, 5) is 6.33. The van der Waals surface area contributed by atoms with Crippen molar-refractivity contribution in [1.82, 2.24) is 4.98 Å². The number of anilines is 2. The van der Waals surface area contributed by atoms with Gasteiger partial charge in [0.05, 0.1) is 5.52 Å². The summed E-state index contributed by atoms with van der Waals surface area (Å²) in [5.74, 6) is -1.04. The largest absolute Gasteiger partial charge is 0.383 e. The number of pyridine rings is 1. The van der Waals surface area contributed by atoms with Crippen LogP contribution in [0.1, 0.15) is 0 Å². The number of nitrogen functional groups attached to an aromatic ring is 1. The monoisotopic (exact) mass is 299 g/mol. The van der Waals surface area contributed by atoms with Crippen LogP contribution in [0.2, 0.25) is 0 Å². The SMILES string of the molecule is CN(C)c1ccc2cc(-c3cc(F)cc(F)c3)c(N)nc2c1. The first-order valence-corrected chi connectivity index (χ1v) is 6.78. The van der Waals surface area contributed by atoms with Gasteiger partial charge in [-0.05, 0) is 35.9 Å². The van der Waals surface area contributed by atoms with E-state index in [1.807, 2.05) is 37.2 Å². The average Bonchev–Trinajstić information content (AvgIpc) is 2.44. The van der Waals surface area contributed by atoms with E-state index in [0.717, 1.165) is 22.7 Å². The topological polar surface area (TPSA) is 42.1 Å². The highest BCUT2D eigenvalue weighted by atomic mass is 19.1. The molecule has 0 aliphatic rings. The van der Waals surface area contributed by atoms with Crippen molar-refractivity contribution in [3.05, 3.63) is 54.1 Å². The number of aromatic nitrogens is 1. The normalized spacial score (nSPS) is 10.9. The summed E-state index contributed by atoms with van der Waals surface area (Å²) < 4.78 is 26.8. The molecule has 2 aromatic carbocycles. The van der Waals surface area contributed by atoms with Crippen molar-refractivity contribution in [3.8, 4) is 11.1 Å². The molecule has 5 heteroatoms.